The van der Waals surface area contributed by atoms with Crippen molar-refractivity contribution in [3.63, 3.8) is 0 Å². The molecule has 0 unspecified atom stereocenters. The molecule has 1 aliphatic carbocycles. The van der Waals surface area contributed by atoms with E-state index in [0.29, 0.717) is 0 Å². The molecule has 0 aromatic carbocycles. The monoisotopic (exact) mass is 294 g/mol. The number of hydrogen-bond acceptors (Lipinski definition) is 6. The van der Waals surface area contributed by atoms with Crippen LogP contribution in [0.4, 0.5) is 10.2 Å². The highest BCUT2D eigenvalue weighted by atomic mass is 19.1. The zero-order chi connectivity index (χ0) is 15.4. The lowest BCUT2D eigenvalue weighted by molar-refractivity contribution is -0.0566. The van der Waals surface area contributed by atoms with E-state index in [2.05, 4.69) is 9.97 Å². The number of nitrogens with two attached hydrogens (primary N) is 1. The molecule has 3 rings (SSSR count). The molecule has 0 saturated carbocycles. The highest BCUT2D eigenvalue weighted by Gasteiger charge is 2.46. The number of hydrogen-bond donors (Lipinski definition) is 4. The van der Waals surface area contributed by atoms with Gasteiger partial charge in [0.15, 0.2) is 5.82 Å². The highest BCUT2D eigenvalue weighted by molar-refractivity contribution is 5.87. The summed E-state index contributed by atoms with van der Waals surface area (Å²) in [7, 11) is 0. The summed E-state index contributed by atoms with van der Waals surface area (Å²) < 4.78 is 15.4. The average molecular weight is 294 g/mol. The van der Waals surface area contributed by atoms with Crippen LogP contribution in [0.15, 0.2) is 24.2 Å². The SMILES string of the molecule is C[C@@]1(O)[C@H](O)C(CO)=C[C@H]1n1cc(F)c2c(N)ncnc21. The van der Waals surface area contributed by atoms with Gasteiger partial charge in [-0.05, 0) is 12.5 Å². The fraction of sp³-hybridized carbons (Fsp3) is 0.385. The molecule has 0 aliphatic heterocycles. The topological polar surface area (TPSA) is 117 Å². The molecule has 7 nitrogen and oxygen atoms in total. The lowest BCUT2D eigenvalue weighted by atomic mass is 9.95. The van der Waals surface area contributed by atoms with Gasteiger partial charge in [-0.2, -0.15) is 0 Å². The van der Waals surface area contributed by atoms with E-state index in [1.165, 1.54) is 23.9 Å². The first-order chi connectivity index (χ1) is 9.87. The van der Waals surface area contributed by atoms with Crippen LogP contribution in [-0.2, 0) is 0 Å². The van der Waals surface area contributed by atoms with Gasteiger partial charge >= 0.3 is 0 Å². The standard InChI is InChI=1S/C13H15FN4O3/c1-13(21)8(2-6(4-19)10(13)20)18-3-7(14)9-11(15)16-5-17-12(9)18/h2-3,5,8,10,19-21H,4H2,1H3,(H2,15,16,17)/t8-,10-,13+/m1/s1. The van der Waals surface area contributed by atoms with E-state index in [1.54, 1.807) is 0 Å². The number of halogens is 1. The van der Waals surface area contributed by atoms with Crippen molar-refractivity contribution in [2.24, 2.45) is 0 Å². The quantitative estimate of drug-likeness (QED) is 0.567. The predicted octanol–water partition coefficient (Wildman–Crippen LogP) is -0.262. The molecule has 2 heterocycles. The molecule has 1 aliphatic rings. The van der Waals surface area contributed by atoms with Gasteiger partial charge in [0.1, 0.15) is 29.5 Å². The maximum atomic E-state index is 14.1. The van der Waals surface area contributed by atoms with Crippen molar-refractivity contribution in [2.45, 2.75) is 24.7 Å². The third-order valence-corrected chi connectivity index (χ3v) is 3.95. The second-order valence-corrected chi connectivity index (χ2v) is 5.31. The summed E-state index contributed by atoms with van der Waals surface area (Å²) in [6.45, 7) is 1.02. The Labute approximate surface area is 119 Å². The van der Waals surface area contributed by atoms with E-state index in [0.717, 1.165) is 6.20 Å². The summed E-state index contributed by atoms with van der Waals surface area (Å²) in [5.41, 5.74) is 4.53. The molecule has 0 spiro atoms. The molecule has 2 aromatic heterocycles. The molecule has 0 saturated heterocycles. The maximum Gasteiger partial charge on any atom is 0.154 e. The van der Waals surface area contributed by atoms with Crippen molar-refractivity contribution < 1.29 is 19.7 Å². The minimum Gasteiger partial charge on any atom is -0.392 e. The van der Waals surface area contributed by atoms with E-state index in [-0.39, 0.29) is 22.4 Å². The van der Waals surface area contributed by atoms with E-state index >= 15 is 0 Å². The van der Waals surface area contributed by atoms with Crippen LogP contribution in [0.25, 0.3) is 11.0 Å². The molecule has 5 N–H and O–H groups in total. The number of fused-ring (bicyclic) bond motifs is 1. The zero-order valence-electron chi connectivity index (χ0n) is 11.2. The van der Waals surface area contributed by atoms with Crippen molar-refractivity contribution in [2.75, 3.05) is 12.3 Å². The number of rotatable bonds is 2. The number of aliphatic hydroxyl groups excluding tert-OH is 2. The zero-order valence-corrected chi connectivity index (χ0v) is 11.2. The first-order valence-corrected chi connectivity index (χ1v) is 6.36. The van der Waals surface area contributed by atoms with Crippen molar-refractivity contribution in [3.8, 4) is 0 Å². The van der Waals surface area contributed by atoms with Crippen LogP contribution >= 0.6 is 0 Å². The summed E-state index contributed by atoms with van der Waals surface area (Å²) in [5.74, 6) is -0.611. The van der Waals surface area contributed by atoms with E-state index in [1.807, 2.05) is 0 Å². The van der Waals surface area contributed by atoms with Crippen LogP contribution in [0.1, 0.15) is 13.0 Å². The Morgan fingerprint density at radius 1 is 1.48 bits per heavy atom. The van der Waals surface area contributed by atoms with Gasteiger partial charge < -0.3 is 25.6 Å². The molecule has 0 bridgehead atoms. The van der Waals surface area contributed by atoms with Crippen molar-refractivity contribution in [1.29, 1.82) is 0 Å². The summed E-state index contributed by atoms with van der Waals surface area (Å²) in [4.78, 5) is 7.73. The van der Waals surface area contributed by atoms with Crippen LogP contribution in [-0.4, -0.2) is 48.2 Å². The second kappa shape index (κ2) is 4.48. The molecule has 2 aromatic rings. The normalized spacial score (nSPS) is 29.1. The third kappa shape index (κ3) is 1.84. The largest absolute Gasteiger partial charge is 0.392 e. The van der Waals surface area contributed by atoms with Gasteiger partial charge in [0.2, 0.25) is 0 Å². The van der Waals surface area contributed by atoms with Crippen molar-refractivity contribution in [1.82, 2.24) is 14.5 Å². The van der Waals surface area contributed by atoms with Gasteiger partial charge in [-0.3, -0.25) is 0 Å². The van der Waals surface area contributed by atoms with E-state index in [9.17, 15) is 19.7 Å². The van der Waals surface area contributed by atoms with Gasteiger partial charge in [-0.25, -0.2) is 14.4 Å². The average Bonchev–Trinajstić information content (AvgIpc) is 2.87. The van der Waals surface area contributed by atoms with E-state index < -0.39 is 30.2 Å². The Hall–Kier alpha value is -2.03. The molecule has 21 heavy (non-hydrogen) atoms. The summed E-state index contributed by atoms with van der Waals surface area (Å²) in [6.07, 6.45) is 2.61. The Bertz CT molecular complexity index is 740. The van der Waals surface area contributed by atoms with Gasteiger partial charge in [0, 0.05) is 6.20 Å². The first-order valence-electron chi connectivity index (χ1n) is 6.36. The molecule has 0 radical (unpaired) electrons. The van der Waals surface area contributed by atoms with Gasteiger partial charge in [0.05, 0.1) is 18.0 Å². The number of aromatic nitrogens is 3. The van der Waals surface area contributed by atoms with Crippen LogP contribution < -0.4 is 5.73 Å². The smallest absolute Gasteiger partial charge is 0.154 e. The Kier molecular flexibility index (Phi) is 2.97. The minimum atomic E-state index is -1.60. The summed E-state index contributed by atoms with van der Waals surface area (Å²) in [6, 6.07) is -0.782. The number of nitrogen functional groups attached to an aromatic ring is 1. The number of aliphatic hydroxyl groups is 3. The van der Waals surface area contributed by atoms with Gasteiger partial charge in [-0.15, -0.1) is 0 Å². The molecule has 0 amide bonds. The van der Waals surface area contributed by atoms with Crippen LogP contribution in [0.3, 0.4) is 0 Å². The molecule has 8 heteroatoms. The van der Waals surface area contributed by atoms with Crippen molar-refractivity contribution in [3.05, 3.63) is 30.0 Å². The number of anilines is 1. The van der Waals surface area contributed by atoms with Crippen LogP contribution in [0.5, 0.6) is 0 Å². The second-order valence-electron chi connectivity index (χ2n) is 5.31. The van der Waals surface area contributed by atoms with Gasteiger partial charge in [0.25, 0.3) is 0 Å². The molecular formula is C13H15FN4O3. The molecule has 112 valence electrons. The van der Waals surface area contributed by atoms with Crippen LogP contribution in [0, 0.1) is 5.82 Å². The summed E-state index contributed by atoms with van der Waals surface area (Å²) >= 11 is 0. The fourth-order valence-electron chi connectivity index (χ4n) is 2.77. The lowest BCUT2D eigenvalue weighted by Gasteiger charge is -2.30. The molecule has 3 atom stereocenters. The Morgan fingerprint density at radius 3 is 2.81 bits per heavy atom. The Morgan fingerprint density at radius 2 is 2.19 bits per heavy atom. The first kappa shape index (κ1) is 13.9. The lowest BCUT2D eigenvalue weighted by Crippen LogP contribution is -2.43. The molecular weight excluding hydrogens is 279 g/mol. The van der Waals surface area contributed by atoms with Crippen molar-refractivity contribution >= 4 is 16.9 Å². The number of nitrogens with zero attached hydrogens (tertiary/aromatic N) is 3. The highest BCUT2D eigenvalue weighted by Crippen LogP contribution is 2.40. The van der Waals surface area contributed by atoms with Crippen LogP contribution in [0.2, 0.25) is 0 Å². The fourth-order valence-corrected chi connectivity index (χ4v) is 2.77. The Balaban J connectivity index is 2.22. The van der Waals surface area contributed by atoms with Gasteiger partial charge in [-0.1, -0.05) is 6.08 Å². The molecule has 0 fully saturated rings. The van der Waals surface area contributed by atoms with E-state index in [4.69, 9.17) is 5.73 Å². The predicted molar refractivity (Wildman–Crippen MR) is 72.7 cm³/mol. The summed E-state index contributed by atoms with van der Waals surface area (Å²) in [5, 5.41) is 29.8. The minimum absolute atomic E-state index is 0.000740. The third-order valence-electron chi connectivity index (χ3n) is 3.95. The maximum absolute atomic E-state index is 14.1.